The molecule has 0 spiro atoms. The predicted octanol–water partition coefficient (Wildman–Crippen LogP) is 3.22. The largest absolute Gasteiger partial charge is 0.297 e. The Bertz CT molecular complexity index is 590. The lowest BCUT2D eigenvalue weighted by Crippen LogP contribution is -2.07. The average Bonchev–Trinajstić information content (AvgIpc) is 2.82. The Kier molecular flexibility index (Phi) is 4.70. The second-order valence-electron chi connectivity index (χ2n) is 3.72. The number of rotatable bonds is 4. The zero-order valence-corrected chi connectivity index (χ0v) is 12.2. The van der Waals surface area contributed by atoms with Crippen LogP contribution >= 0.6 is 23.1 Å². The molecule has 0 saturated heterocycles. The summed E-state index contributed by atoms with van der Waals surface area (Å²) >= 11 is 3.04. The molecule has 1 amide bonds. The van der Waals surface area contributed by atoms with Crippen LogP contribution in [0.5, 0.6) is 0 Å². The Morgan fingerprint density at radius 3 is 2.63 bits per heavy atom. The maximum atomic E-state index is 11.7. The Morgan fingerprint density at radius 1 is 1.32 bits per heavy atom. The van der Waals surface area contributed by atoms with Gasteiger partial charge in [0.15, 0.2) is 0 Å². The molecule has 6 heteroatoms. The van der Waals surface area contributed by atoms with Gasteiger partial charge in [-0.1, -0.05) is 23.5 Å². The highest BCUT2D eigenvalue weighted by atomic mass is 32.2. The Morgan fingerprint density at radius 2 is 2.05 bits per heavy atom. The van der Waals surface area contributed by atoms with Crippen LogP contribution in [0.3, 0.4) is 0 Å². The van der Waals surface area contributed by atoms with Crippen LogP contribution in [0.1, 0.15) is 10.6 Å². The normalized spacial score (nSPS) is 10.8. The minimum absolute atomic E-state index is 0.204. The van der Waals surface area contributed by atoms with Crippen LogP contribution in [0.15, 0.2) is 35.2 Å². The number of amides is 1. The van der Waals surface area contributed by atoms with E-state index in [0.29, 0.717) is 5.13 Å². The van der Waals surface area contributed by atoms with E-state index in [9.17, 15) is 4.79 Å². The molecule has 19 heavy (non-hydrogen) atoms. The lowest BCUT2D eigenvalue weighted by atomic mass is 10.2. The number of benzene rings is 1. The fraction of sp³-hybridized carbons (Fsp3) is 0.154. The standard InChI is InChI=1S/C13H13N3OS2/c1-9-15-16-13(19-9)14-12(17)8-5-10-3-6-11(18-2)7-4-10/h3-8H,1-2H3,(H,14,16,17). The van der Waals surface area contributed by atoms with Gasteiger partial charge in [-0.15, -0.1) is 22.0 Å². The molecule has 0 aliphatic rings. The van der Waals surface area contributed by atoms with Gasteiger partial charge < -0.3 is 0 Å². The highest BCUT2D eigenvalue weighted by Gasteiger charge is 2.02. The predicted molar refractivity (Wildman–Crippen MR) is 80.5 cm³/mol. The van der Waals surface area contributed by atoms with E-state index >= 15 is 0 Å². The van der Waals surface area contributed by atoms with E-state index < -0.39 is 0 Å². The maximum Gasteiger partial charge on any atom is 0.250 e. The molecule has 0 bridgehead atoms. The van der Waals surface area contributed by atoms with Gasteiger partial charge in [0.1, 0.15) is 5.01 Å². The molecule has 98 valence electrons. The Labute approximate surface area is 120 Å². The number of carbonyl (C=O) groups is 1. The first-order valence-corrected chi connectivity index (χ1v) is 7.65. The summed E-state index contributed by atoms with van der Waals surface area (Å²) in [5.74, 6) is -0.204. The van der Waals surface area contributed by atoms with Gasteiger partial charge in [0.2, 0.25) is 11.0 Å². The van der Waals surface area contributed by atoms with Crippen LogP contribution < -0.4 is 5.32 Å². The zero-order chi connectivity index (χ0) is 13.7. The molecular formula is C13H13N3OS2. The van der Waals surface area contributed by atoms with Crippen molar-refractivity contribution in [2.45, 2.75) is 11.8 Å². The van der Waals surface area contributed by atoms with E-state index in [1.54, 1.807) is 17.8 Å². The summed E-state index contributed by atoms with van der Waals surface area (Å²) in [6.07, 6.45) is 5.29. The summed E-state index contributed by atoms with van der Waals surface area (Å²) in [7, 11) is 0. The molecule has 1 aromatic carbocycles. The molecule has 1 heterocycles. The topological polar surface area (TPSA) is 54.9 Å². The summed E-state index contributed by atoms with van der Waals surface area (Å²) in [5.41, 5.74) is 0.987. The molecule has 0 aliphatic carbocycles. The second kappa shape index (κ2) is 6.49. The summed E-state index contributed by atoms with van der Waals surface area (Å²) in [4.78, 5) is 12.9. The molecular weight excluding hydrogens is 278 g/mol. The third-order valence-electron chi connectivity index (χ3n) is 2.30. The van der Waals surface area contributed by atoms with Crippen molar-refractivity contribution in [2.24, 2.45) is 0 Å². The van der Waals surface area contributed by atoms with Crippen molar-refractivity contribution in [3.63, 3.8) is 0 Å². The summed E-state index contributed by atoms with van der Waals surface area (Å²) in [5, 5.41) is 11.7. The van der Waals surface area contributed by atoms with Gasteiger partial charge in [-0.3, -0.25) is 10.1 Å². The fourth-order valence-electron chi connectivity index (χ4n) is 1.38. The van der Waals surface area contributed by atoms with Crippen molar-refractivity contribution >= 4 is 40.2 Å². The van der Waals surface area contributed by atoms with Gasteiger partial charge >= 0.3 is 0 Å². The molecule has 2 rings (SSSR count). The van der Waals surface area contributed by atoms with E-state index in [0.717, 1.165) is 10.6 Å². The van der Waals surface area contributed by atoms with E-state index in [4.69, 9.17) is 0 Å². The van der Waals surface area contributed by atoms with Gasteiger partial charge in [-0.25, -0.2) is 0 Å². The number of nitrogens with one attached hydrogen (secondary N) is 1. The van der Waals surface area contributed by atoms with Gasteiger partial charge in [0, 0.05) is 11.0 Å². The van der Waals surface area contributed by atoms with Crippen molar-refractivity contribution in [1.82, 2.24) is 10.2 Å². The molecule has 4 nitrogen and oxygen atoms in total. The number of thioether (sulfide) groups is 1. The summed E-state index contributed by atoms with van der Waals surface area (Å²) < 4.78 is 0. The third-order valence-corrected chi connectivity index (χ3v) is 3.80. The minimum atomic E-state index is -0.204. The molecule has 0 radical (unpaired) electrons. The summed E-state index contributed by atoms with van der Waals surface area (Å²) in [6.45, 7) is 1.84. The monoisotopic (exact) mass is 291 g/mol. The molecule has 0 unspecified atom stereocenters. The van der Waals surface area contributed by atoms with Crippen LogP contribution in [-0.4, -0.2) is 22.4 Å². The highest BCUT2D eigenvalue weighted by molar-refractivity contribution is 7.98. The van der Waals surface area contributed by atoms with Gasteiger partial charge in [0.25, 0.3) is 0 Å². The van der Waals surface area contributed by atoms with Crippen LogP contribution in [0.2, 0.25) is 0 Å². The molecule has 1 N–H and O–H groups in total. The molecule has 0 fully saturated rings. The molecule has 0 saturated carbocycles. The van der Waals surface area contributed by atoms with Gasteiger partial charge in [0.05, 0.1) is 0 Å². The maximum absolute atomic E-state index is 11.7. The van der Waals surface area contributed by atoms with E-state index in [2.05, 4.69) is 15.5 Å². The van der Waals surface area contributed by atoms with Gasteiger partial charge in [-0.2, -0.15) is 0 Å². The molecule has 1 aromatic heterocycles. The van der Waals surface area contributed by atoms with Gasteiger partial charge in [-0.05, 0) is 37.0 Å². The zero-order valence-electron chi connectivity index (χ0n) is 10.6. The van der Waals surface area contributed by atoms with Crippen LogP contribution in [0, 0.1) is 6.92 Å². The number of anilines is 1. The van der Waals surface area contributed by atoms with Crippen LogP contribution in [0.25, 0.3) is 6.08 Å². The fourth-order valence-corrected chi connectivity index (χ4v) is 2.38. The number of nitrogens with zero attached hydrogens (tertiary/aromatic N) is 2. The smallest absolute Gasteiger partial charge is 0.250 e. The lowest BCUT2D eigenvalue weighted by molar-refractivity contribution is -0.111. The SMILES string of the molecule is CSc1ccc(C=CC(=O)Nc2nnc(C)s2)cc1. The Hall–Kier alpha value is -1.66. The molecule has 0 atom stereocenters. The number of hydrogen-bond acceptors (Lipinski definition) is 5. The quantitative estimate of drug-likeness (QED) is 0.694. The van der Waals surface area contributed by atoms with Crippen molar-refractivity contribution in [2.75, 3.05) is 11.6 Å². The van der Waals surface area contributed by atoms with Crippen LogP contribution in [-0.2, 0) is 4.79 Å². The first-order valence-electron chi connectivity index (χ1n) is 5.60. The average molecular weight is 291 g/mol. The third kappa shape index (κ3) is 4.18. The van der Waals surface area contributed by atoms with Crippen molar-refractivity contribution in [3.8, 4) is 0 Å². The van der Waals surface area contributed by atoms with E-state index in [1.165, 1.54) is 22.3 Å². The number of hydrogen-bond donors (Lipinski definition) is 1. The number of aryl methyl sites for hydroxylation is 1. The van der Waals surface area contributed by atoms with E-state index in [-0.39, 0.29) is 5.91 Å². The number of aromatic nitrogens is 2. The van der Waals surface area contributed by atoms with Crippen molar-refractivity contribution in [1.29, 1.82) is 0 Å². The molecule has 0 aliphatic heterocycles. The van der Waals surface area contributed by atoms with E-state index in [1.807, 2.05) is 37.4 Å². The second-order valence-corrected chi connectivity index (χ2v) is 5.78. The highest BCUT2D eigenvalue weighted by Crippen LogP contribution is 2.16. The number of carbonyl (C=O) groups excluding carboxylic acids is 1. The Balaban J connectivity index is 1.95. The van der Waals surface area contributed by atoms with Crippen molar-refractivity contribution < 1.29 is 4.79 Å². The lowest BCUT2D eigenvalue weighted by Gasteiger charge is -1.97. The first-order chi connectivity index (χ1) is 9.17. The van der Waals surface area contributed by atoms with Crippen molar-refractivity contribution in [3.05, 3.63) is 40.9 Å². The minimum Gasteiger partial charge on any atom is -0.297 e. The molecule has 2 aromatic rings. The first kappa shape index (κ1) is 13.8. The summed E-state index contributed by atoms with van der Waals surface area (Å²) in [6, 6.07) is 8.00. The van der Waals surface area contributed by atoms with Crippen LogP contribution in [0.4, 0.5) is 5.13 Å².